The zero-order valence-electron chi connectivity index (χ0n) is 13.8. The molecule has 1 heterocycles. The Morgan fingerprint density at radius 3 is 2.63 bits per heavy atom. The van der Waals surface area contributed by atoms with E-state index in [1.165, 1.54) is 19.3 Å². The van der Waals surface area contributed by atoms with E-state index in [9.17, 15) is 24.6 Å². The molecule has 144 valence electrons. The van der Waals surface area contributed by atoms with E-state index in [2.05, 4.69) is 15.9 Å². The van der Waals surface area contributed by atoms with Gasteiger partial charge in [-0.3, -0.25) is 14.5 Å². The highest BCUT2D eigenvalue weighted by Gasteiger charge is 2.40. The lowest BCUT2D eigenvalue weighted by Crippen LogP contribution is -2.44. The number of hydrogen-bond acceptors (Lipinski definition) is 7. The molecule has 1 aromatic carbocycles. The van der Waals surface area contributed by atoms with Crippen LogP contribution in [-0.2, 0) is 14.4 Å². The van der Waals surface area contributed by atoms with Gasteiger partial charge in [0.1, 0.15) is 10.4 Å². The standard InChI is InChI=1S/C16H14BrNO7S2/c1-25-10-5-7(4-8(17)13(10)21)6-11-14(22)18(16(26)27-11)9(15(23)24)2-3-12(19)20/h4-6,9,21H,2-3H2,1H3,(H,19,20)(H,23,24)/b11-6-. The van der Waals surface area contributed by atoms with Crippen LogP contribution in [0.5, 0.6) is 11.5 Å². The summed E-state index contributed by atoms with van der Waals surface area (Å²) in [5.74, 6) is -3.02. The highest BCUT2D eigenvalue weighted by Crippen LogP contribution is 2.39. The van der Waals surface area contributed by atoms with Crippen molar-refractivity contribution >= 4 is 68.2 Å². The number of nitrogens with zero attached hydrogens (tertiary/aromatic N) is 1. The number of aromatic hydroxyl groups is 1. The number of ether oxygens (including phenoxy) is 1. The quantitative estimate of drug-likeness (QED) is 0.403. The molecule has 0 radical (unpaired) electrons. The van der Waals surface area contributed by atoms with Crippen LogP contribution in [0.3, 0.4) is 0 Å². The van der Waals surface area contributed by atoms with E-state index in [-0.39, 0.29) is 27.1 Å². The van der Waals surface area contributed by atoms with Crippen molar-refractivity contribution in [2.24, 2.45) is 0 Å². The number of phenols is 1. The van der Waals surface area contributed by atoms with Gasteiger partial charge in [-0.05, 0) is 46.1 Å². The van der Waals surface area contributed by atoms with Gasteiger partial charge in [0.2, 0.25) is 0 Å². The van der Waals surface area contributed by atoms with Crippen molar-refractivity contribution in [2.45, 2.75) is 18.9 Å². The molecule has 1 saturated heterocycles. The van der Waals surface area contributed by atoms with Crippen molar-refractivity contribution in [3.8, 4) is 11.5 Å². The first-order valence-electron chi connectivity index (χ1n) is 7.43. The van der Waals surface area contributed by atoms with Gasteiger partial charge in [0.25, 0.3) is 5.91 Å². The fourth-order valence-corrected chi connectivity index (χ4v) is 4.17. The molecule has 0 spiro atoms. The Balaban J connectivity index is 2.34. The fourth-order valence-electron chi connectivity index (χ4n) is 2.36. The number of thioether (sulfide) groups is 1. The lowest BCUT2D eigenvalue weighted by Gasteiger charge is -2.22. The second kappa shape index (κ2) is 8.72. The number of methoxy groups -OCH3 is 1. The summed E-state index contributed by atoms with van der Waals surface area (Å²) >= 11 is 9.23. The Kier molecular flexibility index (Phi) is 6.84. The minimum atomic E-state index is -1.36. The van der Waals surface area contributed by atoms with Gasteiger partial charge in [-0.2, -0.15) is 0 Å². The average Bonchev–Trinajstić information content (AvgIpc) is 2.85. The molecule has 0 aromatic heterocycles. The van der Waals surface area contributed by atoms with Gasteiger partial charge in [-0.1, -0.05) is 24.0 Å². The van der Waals surface area contributed by atoms with Crippen molar-refractivity contribution in [2.75, 3.05) is 7.11 Å². The van der Waals surface area contributed by atoms with Crippen LogP contribution in [0.15, 0.2) is 21.5 Å². The lowest BCUT2D eigenvalue weighted by molar-refractivity contribution is -0.146. The second-order valence-electron chi connectivity index (χ2n) is 5.39. The topological polar surface area (TPSA) is 124 Å². The molecular formula is C16H14BrNO7S2. The zero-order valence-corrected chi connectivity index (χ0v) is 17.1. The molecule has 27 heavy (non-hydrogen) atoms. The molecule has 1 aromatic rings. The van der Waals surface area contributed by atoms with E-state index in [4.69, 9.17) is 22.1 Å². The molecule has 1 aliphatic rings. The molecule has 0 bridgehead atoms. The summed E-state index contributed by atoms with van der Waals surface area (Å²) in [7, 11) is 1.38. The van der Waals surface area contributed by atoms with Crippen LogP contribution in [0.1, 0.15) is 18.4 Å². The Labute approximate surface area is 171 Å². The molecule has 8 nitrogen and oxygen atoms in total. The predicted octanol–water partition coefficient (Wildman–Crippen LogP) is 2.68. The number of benzene rings is 1. The predicted molar refractivity (Wildman–Crippen MR) is 106 cm³/mol. The van der Waals surface area contributed by atoms with Gasteiger partial charge in [0.05, 0.1) is 16.5 Å². The summed E-state index contributed by atoms with van der Waals surface area (Å²) in [5, 5.41) is 28.0. The average molecular weight is 476 g/mol. The SMILES string of the molecule is COc1cc(/C=C2\SC(=S)N(C(CCC(=O)O)C(=O)O)C2=O)cc(Br)c1O. The van der Waals surface area contributed by atoms with Gasteiger partial charge in [-0.25, -0.2) is 4.79 Å². The number of thiocarbonyl (C=S) groups is 1. The monoisotopic (exact) mass is 475 g/mol. The van der Waals surface area contributed by atoms with Crippen LogP contribution in [-0.4, -0.2) is 55.5 Å². The number of rotatable bonds is 7. The maximum atomic E-state index is 12.7. The van der Waals surface area contributed by atoms with Gasteiger partial charge in [0, 0.05) is 6.42 Å². The number of carbonyl (C=O) groups excluding carboxylic acids is 1. The number of carboxylic acids is 2. The van der Waals surface area contributed by atoms with Crippen LogP contribution < -0.4 is 4.74 Å². The Hall–Kier alpha value is -2.11. The van der Waals surface area contributed by atoms with Gasteiger partial charge >= 0.3 is 11.9 Å². The molecular weight excluding hydrogens is 462 g/mol. The molecule has 1 amide bonds. The third-order valence-corrected chi connectivity index (χ3v) is 5.56. The molecule has 11 heteroatoms. The third-order valence-electron chi connectivity index (χ3n) is 3.62. The second-order valence-corrected chi connectivity index (χ2v) is 7.92. The minimum absolute atomic E-state index is 0.0360. The Morgan fingerprint density at radius 2 is 2.07 bits per heavy atom. The maximum absolute atomic E-state index is 12.7. The van der Waals surface area contributed by atoms with Gasteiger partial charge < -0.3 is 20.1 Å². The zero-order chi connectivity index (χ0) is 20.3. The van der Waals surface area contributed by atoms with E-state index in [1.54, 1.807) is 6.07 Å². The van der Waals surface area contributed by atoms with E-state index in [0.717, 1.165) is 16.7 Å². The molecule has 2 rings (SSSR count). The number of phenolic OH excluding ortho intramolecular Hbond substituents is 1. The molecule has 1 fully saturated rings. The highest BCUT2D eigenvalue weighted by molar-refractivity contribution is 9.10. The number of halogens is 1. The first-order valence-corrected chi connectivity index (χ1v) is 9.45. The van der Waals surface area contributed by atoms with Crippen LogP contribution in [0, 0.1) is 0 Å². The molecule has 1 atom stereocenters. The first-order chi connectivity index (χ1) is 12.6. The summed E-state index contributed by atoms with van der Waals surface area (Å²) in [6.45, 7) is 0. The highest BCUT2D eigenvalue weighted by atomic mass is 79.9. The van der Waals surface area contributed by atoms with Crippen molar-refractivity contribution in [3.05, 3.63) is 27.1 Å². The van der Waals surface area contributed by atoms with E-state index in [0.29, 0.717) is 10.0 Å². The number of carboxylic acid groups (broad SMARTS) is 2. The molecule has 0 aliphatic carbocycles. The van der Waals surface area contributed by atoms with Crippen molar-refractivity contribution in [1.82, 2.24) is 4.90 Å². The van der Waals surface area contributed by atoms with E-state index >= 15 is 0 Å². The molecule has 3 N–H and O–H groups in total. The number of amides is 1. The summed E-state index contributed by atoms with van der Waals surface area (Å²) in [6.07, 6.45) is 0.820. The molecule has 0 saturated carbocycles. The van der Waals surface area contributed by atoms with Gasteiger partial charge in [-0.15, -0.1) is 0 Å². The van der Waals surface area contributed by atoms with Crippen molar-refractivity contribution in [1.29, 1.82) is 0 Å². The Morgan fingerprint density at radius 1 is 1.41 bits per heavy atom. The summed E-state index contributed by atoms with van der Waals surface area (Å²) in [6, 6.07) is 1.70. The van der Waals surface area contributed by atoms with E-state index in [1.807, 2.05) is 0 Å². The summed E-state index contributed by atoms with van der Waals surface area (Å²) in [4.78, 5) is 36.0. The third kappa shape index (κ3) is 4.79. The normalized spacial score (nSPS) is 16.7. The van der Waals surface area contributed by atoms with E-state index < -0.39 is 30.3 Å². The fraction of sp³-hybridized carbons (Fsp3) is 0.250. The summed E-state index contributed by atoms with van der Waals surface area (Å²) < 4.78 is 5.44. The van der Waals surface area contributed by atoms with Crippen LogP contribution in [0.4, 0.5) is 0 Å². The smallest absolute Gasteiger partial charge is 0.326 e. The largest absolute Gasteiger partial charge is 0.503 e. The van der Waals surface area contributed by atoms with Crippen molar-refractivity contribution < 1.29 is 34.4 Å². The van der Waals surface area contributed by atoms with Gasteiger partial charge in [0.15, 0.2) is 11.5 Å². The van der Waals surface area contributed by atoms with Crippen LogP contribution in [0.2, 0.25) is 0 Å². The number of hydrogen-bond donors (Lipinski definition) is 3. The molecule has 1 unspecified atom stereocenters. The van der Waals surface area contributed by atoms with Crippen LogP contribution in [0.25, 0.3) is 6.08 Å². The summed E-state index contributed by atoms with van der Waals surface area (Å²) in [5.41, 5.74) is 0.523. The maximum Gasteiger partial charge on any atom is 0.326 e. The number of carbonyl (C=O) groups is 3. The lowest BCUT2D eigenvalue weighted by atomic mass is 10.1. The molecule has 1 aliphatic heterocycles. The van der Waals surface area contributed by atoms with Crippen LogP contribution >= 0.6 is 39.9 Å². The first kappa shape index (κ1) is 21.2. The number of aliphatic carboxylic acids is 2. The van der Waals surface area contributed by atoms with Crippen molar-refractivity contribution in [3.63, 3.8) is 0 Å². The minimum Gasteiger partial charge on any atom is -0.503 e. The Bertz CT molecular complexity index is 855.